The molecule has 0 saturated carbocycles. The Bertz CT molecular complexity index is 1160. The number of sulfonamides is 1. The number of thiocarbonyl (C=S) groups is 1. The third-order valence-corrected chi connectivity index (χ3v) is 5.69. The second-order valence-electron chi connectivity index (χ2n) is 6.22. The SMILES string of the molecule is Cc1cc(C2C=CC(c3ccc(S(N)(=O)=O)c(F)c3)=CC2=S)ccc1C#N. The molecule has 1 unspecified atom stereocenters. The van der Waals surface area contributed by atoms with Crippen molar-refractivity contribution in [1.29, 1.82) is 5.26 Å². The lowest BCUT2D eigenvalue weighted by molar-refractivity contribution is 0.568. The summed E-state index contributed by atoms with van der Waals surface area (Å²) in [7, 11) is -4.11. The van der Waals surface area contributed by atoms with Gasteiger partial charge in [0, 0.05) is 10.8 Å². The zero-order valence-corrected chi connectivity index (χ0v) is 15.9. The zero-order valence-electron chi connectivity index (χ0n) is 14.3. The van der Waals surface area contributed by atoms with Gasteiger partial charge in [0.05, 0.1) is 11.6 Å². The first kappa shape index (κ1) is 19.1. The second kappa shape index (κ2) is 7.16. The summed E-state index contributed by atoms with van der Waals surface area (Å²) in [5.74, 6) is -1.02. The number of benzene rings is 2. The van der Waals surface area contributed by atoms with Crippen LogP contribution < -0.4 is 5.14 Å². The van der Waals surface area contributed by atoms with E-state index in [2.05, 4.69) is 6.07 Å². The Morgan fingerprint density at radius 2 is 1.96 bits per heavy atom. The first-order valence-electron chi connectivity index (χ1n) is 7.98. The van der Waals surface area contributed by atoms with E-state index in [9.17, 15) is 12.8 Å². The van der Waals surface area contributed by atoms with Crippen molar-refractivity contribution in [3.8, 4) is 6.07 Å². The van der Waals surface area contributed by atoms with Crippen molar-refractivity contribution in [1.82, 2.24) is 0 Å². The maximum atomic E-state index is 14.1. The summed E-state index contributed by atoms with van der Waals surface area (Å²) in [6.45, 7) is 1.87. The molecule has 136 valence electrons. The average molecular weight is 398 g/mol. The Hall–Kier alpha value is -2.66. The molecule has 0 fully saturated rings. The van der Waals surface area contributed by atoms with Crippen LogP contribution in [0.3, 0.4) is 0 Å². The van der Waals surface area contributed by atoms with Crippen molar-refractivity contribution in [3.05, 3.63) is 82.7 Å². The molecule has 0 heterocycles. The van der Waals surface area contributed by atoms with Gasteiger partial charge in [0.15, 0.2) is 0 Å². The lowest BCUT2D eigenvalue weighted by atomic mass is 9.87. The Morgan fingerprint density at radius 1 is 1.22 bits per heavy atom. The van der Waals surface area contributed by atoms with Crippen LogP contribution in [-0.4, -0.2) is 13.3 Å². The van der Waals surface area contributed by atoms with Gasteiger partial charge in [-0.1, -0.05) is 42.6 Å². The number of halogens is 1. The molecule has 1 aliphatic carbocycles. The van der Waals surface area contributed by atoms with Crippen molar-refractivity contribution in [2.45, 2.75) is 17.7 Å². The monoisotopic (exact) mass is 398 g/mol. The fourth-order valence-electron chi connectivity index (χ4n) is 2.96. The molecule has 0 spiro atoms. The van der Waals surface area contributed by atoms with Crippen molar-refractivity contribution in [2.24, 2.45) is 5.14 Å². The average Bonchev–Trinajstić information content (AvgIpc) is 2.60. The number of aryl methyl sites for hydroxylation is 1. The van der Waals surface area contributed by atoms with Crippen molar-refractivity contribution < 1.29 is 12.8 Å². The van der Waals surface area contributed by atoms with Gasteiger partial charge in [-0.15, -0.1) is 0 Å². The van der Waals surface area contributed by atoms with E-state index >= 15 is 0 Å². The largest absolute Gasteiger partial charge is 0.240 e. The zero-order chi connectivity index (χ0) is 19.8. The highest BCUT2D eigenvalue weighted by Gasteiger charge is 2.20. The molecule has 2 N–H and O–H groups in total. The van der Waals surface area contributed by atoms with E-state index in [-0.39, 0.29) is 5.92 Å². The molecule has 7 heteroatoms. The Labute approximate surface area is 162 Å². The summed E-state index contributed by atoms with van der Waals surface area (Å²) in [6.07, 6.45) is 5.49. The van der Waals surface area contributed by atoms with Crippen LogP contribution in [0.5, 0.6) is 0 Å². The minimum absolute atomic E-state index is 0.122. The third kappa shape index (κ3) is 3.88. The second-order valence-corrected chi connectivity index (χ2v) is 8.22. The number of primary sulfonamides is 1. The van der Waals surface area contributed by atoms with Gasteiger partial charge in [0.25, 0.3) is 0 Å². The van der Waals surface area contributed by atoms with Gasteiger partial charge < -0.3 is 0 Å². The molecule has 0 radical (unpaired) electrons. The number of allylic oxidation sites excluding steroid dienone is 4. The van der Waals surface area contributed by atoms with Gasteiger partial charge in [-0.25, -0.2) is 17.9 Å². The summed E-state index contributed by atoms with van der Waals surface area (Å²) in [4.78, 5) is 0.104. The molecule has 0 bridgehead atoms. The topological polar surface area (TPSA) is 84.0 Å². The van der Waals surface area contributed by atoms with Crippen LogP contribution in [0.4, 0.5) is 4.39 Å². The van der Waals surface area contributed by atoms with Crippen LogP contribution >= 0.6 is 12.2 Å². The quantitative estimate of drug-likeness (QED) is 0.798. The Kier molecular flexibility index (Phi) is 5.07. The lowest BCUT2D eigenvalue weighted by Crippen LogP contribution is -2.14. The van der Waals surface area contributed by atoms with Crippen LogP contribution in [0.2, 0.25) is 0 Å². The molecular formula is C20H15FN2O2S2. The Balaban J connectivity index is 1.91. The predicted molar refractivity (Wildman–Crippen MR) is 106 cm³/mol. The minimum Gasteiger partial charge on any atom is -0.225 e. The van der Waals surface area contributed by atoms with Gasteiger partial charge in [-0.05, 0) is 53.5 Å². The van der Waals surface area contributed by atoms with Gasteiger partial charge in [-0.3, -0.25) is 0 Å². The number of hydrogen-bond donors (Lipinski definition) is 1. The molecule has 2 aromatic rings. The summed E-state index contributed by atoms with van der Waals surface area (Å²) in [5, 5.41) is 14.0. The van der Waals surface area contributed by atoms with Crippen LogP contribution in [0.1, 0.15) is 28.2 Å². The van der Waals surface area contributed by atoms with Crippen LogP contribution in [0.25, 0.3) is 5.57 Å². The first-order valence-corrected chi connectivity index (χ1v) is 9.93. The van der Waals surface area contributed by atoms with E-state index in [1.54, 1.807) is 12.1 Å². The van der Waals surface area contributed by atoms with Gasteiger partial charge in [0.1, 0.15) is 10.7 Å². The smallest absolute Gasteiger partial charge is 0.225 e. The molecule has 2 aromatic carbocycles. The predicted octanol–water partition coefficient (Wildman–Crippen LogP) is 3.76. The van der Waals surface area contributed by atoms with E-state index in [4.69, 9.17) is 22.6 Å². The first-order chi connectivity index (χ1) is 12.7. The van der Waals surface area contributed by atoms with Crippen LogP contribution in [0.15, 0.2) is 59.5 Å². The van der Waals surface area contributed by atoms with Crippen LogP contribution in [-0.2, 0) is 10.0 Å². The fraction of sp³-hybridized carbons (Fsp3) is 0.100. The minimum atomic E-state index is -4.11. The number of nitriles is 1. The van der Waals surface area contributed by atoms with Gasteiger partial charge in [0.2, 0.25) is 10.0 Å². The van der Waals surface area contributed by atoms with Gasteiger partial charge >= 0.3 is 0 Å². The van der Waals surface area contributed by atoms with E-state index < -0.39 is 20.7 Å². The van der Waals surface area contributed by atoms with E-state index in [0.717, 1.165) is 23.3 Å². The molecule has 4 nitrogen and oxygen atoms in total. The third-order valence-electron chi connectivity index (χ3n) is 4.37. The highest BCUT2D eigenvalue weighted by Crippen LogP contribution is 2.31. The normalized spacial score (nSPS) is 16.7. The molecule has 0 saturated heterocycles. The maximum Gasteiger partial charge on any atom is 0.240 e. The summed E-state index contributed by atoms with van der Waals surface area (Å²) in [6, 6.07) is 11.5. The summed E-state index contributed by atoms with van der Waals surface area (Å²) >= 11 is 5.51. The van der Waals surface area contributed by atoms with Crippen molar-refractivity contribution in [3.63, 3.8) is 0 Å². The van der Waals surface area contributed by atoms with Crippen LogP contribution in [0, 0.1) is 24.1 Å². The van der Waals surface area contributed by atoms with Crippen molar-refractivity contribution >= 4 is 32.7 Å². The maximum absolute atomic E-state index is 14.1. The van der Waals surface area contributed by atoms with E-state index in [0.29, 0.717) is 21.6 Å². The molecular weight excluding hydrogens is 383 g/mol. The molecule has 27 heavy (non-hydrogen) atoms. The molecule has 1 atom stereocenters. The Morgan fingerprint density at radius 3 is 2.52 bits per heavy atom. The number of rotatable bonds is 3. The summed E-state index contributed by atoms with van der Waals surface area (Å²) < 4.78 is 36.8. The highest BCUT2D eigenvalue weighted by atomic mass is 32.2. The lowest BCUT2D eigenvalue weighted by Gasteiger charge is -2.19. The van der Waals surface area contributed by atoms with E-state index in [1.807, 2.05) is 31.2 Å². The molecule has 1 aliphatic rings. The van der Waals surface area contributed by atoms with Crippen molar-refractivity contribution in [2.75, 3.05) is 0 Å². The molecule has 0 aliphatic heterocycles. The molecule has 3 rings (SSSR count). The van der Waals surface area contributed by atoms with Gasteiger partial charge in [-0.2, -0.15) is 5.26 Å². The molecule has 0 amide bonds. The van der Waals surface area contributed by atoms with E-state index in [1.165, 1.54) is 6.07 Å². The number of hydrogen-bond acceptors (Lipinski definition) is 4. The standard InChI is InChI=1S/C20H15FN2O2S2/c1-12-8-15(2-3-16(12)11-22)17-6-4-14(10-19(17)26)13-5-7-20(18(21)9-13)27(23,24)25/h2-10,17H,1H3,(H2,23,24,25). The summed E-state index contributed by atoms with van der Waals surface area (Å²) in [5.41, 5.74) is 3.65. The number of nitrogens with zero attached hydrogens (tertiary/aromatic N) is 1. The number of nitrogens with two attached hydrogens (primary N) is 1. The highest BCUT2D eigenvalue weighted by molar-refractivity contribution is 7.89. The molecule has 0 aromatic heterocycles. The fourth-order valence-corrected chi connectivity index (χ4v) is 3.89.